The van der Waals surface area contributed by atoms with E-state index in [1.54, 1.807) is 55.3 Å². The molecule has 0 spiro atoms. The molecule has 4 rings (SSSR count). The zero-order valence-electron chi connectivity index (χ0n) is 23.3. The highest BCUT2D eigenvalue weighted by Crippen LogP contribution is 2.37. The van der Waals surface area contributed by atoms with Crippen LogP contribution in [0.3, 0.4) is 0 Å². The van der Waals surface area contributed by atoms with Crippen molar-refractivity contribution < 1.29 is 17.9 Å². The van der Waals surface area contributed by atoms with Gasteiger partial charge in [-0.2, -0.15) is 0 Å². The molecule has 3 aromatic carbocycles. The van der Waals surface area contributed by atoms with Crippen LogP contribution in [0.1, 0.15) is 29.3 Å². The number of amides is 1. The fraction of sp³-hybridized carbons (Fsp3) is 0.310. The first-order chi connectivity index (χ1) is 18.7. The summed E-state index contributed by atoms with van der Waals surface area (Å²) in [6, 6.07) is 19.0. The van der Waals surface area contributed by atoms with Crippen LogP contribution in [0.25, 0.3) is 10.2 Å². The number of benzene rings is 3. The Labute approximate surface area is 246 Å². The minimum Gasteiger partial charge on any atom is -0.494 e. The molecular formula is C29H35ClN4O4S2. The van der Waals surface area contributed by atoms with Crippen molar-refractivity contribution >= 4 is 60.7 Å². The summed E-state index contributed by atoms with van der Waals surface area (Å²) in [6.07, 6.45) is 0.750. The van der Waals surface area contributed by atoms with E-state index in [1.165, 1.54) is 27.8 Å². The predicted molar refractivity (Wildman–Crippen MR) is 166 cm³/mol. The number of thiazole rings is 1. The molecule has 0 aliphatic heterocycles. The van der Waals surface area contributed by atoms with Gasteiger partial charge in [-0.25, -0.2) is 13.4 Å². The summed E-state index contributed by atoms with van der Waals surface area (Å²) < 4.78 is 34.6. The number of aryl methyl sites for hydroxylation is 1. The van der Waals surface area contributed by atoms with Gasteiger partial charge in [-0.3, -0.25) is 14.0 Å². The van der Waals surface area contributed by atoms with Gasteiger partial charge >= 0.3 is 0 Å². The zero-order chi connectivity index (χ0) is 28.2. The summed E-state index contributed by atoms with van der Waals surface area (Å²) in [4.78, 5) is 22.5. The van der Waals surface area contributed by atoms with Gasteiger partial charge in [0, 0.05) is 18.7 Å². The number of hydrogen-bond acceptors (Lipinski definition) is 7. The van der Waals surface area contributed by atoms with Crippen LogP contribution < -0.4 is 13.9 Å². The van der Waals surface area contributed by atoms with E-state index in [2.05, 4.69) is 4.90 Å². The highest BCUT2D eigenvalue weighted by Gasteiger charge is 2.26. The van der Waals surface area contributed by atoms with E-state index in [4.69, 9.17) is 9.72 Å². The van der Waals surface area contributed by atoms with Gasteiger partial charge in [0.1, 0.15) is 11.3 Å². The molecule has 0 radical (unpaired) electrons. The number of hydrogen-bond donors (Lipinski definition) is 0. The van der Waals surface area contributed by atoms with Crippen LogP contribution in [0.4, 0.5) is 10.8 Å². The second-order valence-corrected chi connectivity index (χ2v) is 12.2. The lowest BCUT2D eigenvalue weighted by Crippen LogP contribution is -2.33. The lowest BCUT2D eigenvalue weighted by atomic mass is 10.2. The molecule has 40 heavy (non-hydrogen) atoms. The van der Waals surface area contributed by atoms with Crippen LogP contribution in [0.5, 0.6) is 5.75 Å². The first-order valence-electron chi connectivity index (χ1n) is 12.8. The van der Waals surface area contributed by atoms with Crippen LogP contribution in [0, 0.1) is 6.92 Å². The third kappa shape index (κ3) is 6.58. The zero-order valence-corrected chi connectivity index (χ0v) is 25.8. The summed E-state index contributed by atoms with van der Waals surface area (Å²) in [5.74, 6) is 0.427. The van der Waals surface area contributed by atoms with Gasteiger partial charge in [0.05, 0.1) is 22.4 Å². The van der Waals surface area contributed by atoms with E-state index in [0.29, 0.717) is 28.7 Å². The van der Waals surface area contributed by atoms with E-state index in [1.807, 2.05) is 39.2 Å². The lowest BCUT2D eigenvalue weighted by molar-refractivity contribution is 0.0986. The SMILES string of the molecule is CCN(c1ccccc1)S(=O)(=O)c1ccc(C(=O)N(CCCN(C)C)c2nc3c(OC)ccc(C)c3s2)cc1.Cl. The van der Waals surface area contributed by atoms with Crippen molar-refractivity contribution in [3.63, 3.8) is 0 Å². The molecule has 0 atom stereocenters. The van der Waals surface area contributed by atoms with E-state index < -0.39 is 10.0 Å². The number of ether oxygens (including phenoxy) is 1. The molecule has 0 N–H and O–H groups in total. The van der Waals surface area contributed by atoms with Gasteiger partial charge < -0.3 is 9.64 Å². The Morgan fingerprint density at radius 1 is 0.975 bits per heavy atom. The van der Waals surface area contributed by atoms with Crippen molar-refractivity contribution in [2.75, 3.05) is 50.0 Å². The molecule has 8 nitrogen and oxygen atoms in total. The number of aromatic nitrogens is 1. The highest BCUT2D eigenvalue weighted by molar-refractivity contribution is 7.92. The van der Waals surface area contributed by atoms with Crippen LogP contribution in [-0.2, 0) is 10.0 Å². The Balaban J connectivity index is 0.00000441. The Morgan fingerprint density at radius 3 is 2.25 bits per heavy atom. The Kier molecular flexibility index (Phi) is 10.5. The first-order valence-corrected chi connectivity index (χ1v) is 15.0. The molecule has 214 valence electrons. The number of methoxy groups -OCH3 is 1. The second kappa shape index (κ2) is 13.5. The first kappa shape index (κ1) is 31.3. The average molecular weight is 603 g/mol. The van der Waals surface area contributed by atoms with Crippen molar-refractivity contribution in [1.82, 2.24) is 9.88 Å². The molecule has 0 aliphatic carbocycles. The van der Waals surface area contributed by atoms with Crippen LogP contribution in [-0.4, -0.2) is 65.0 Å². The lowest BCUT2D eigenvalue weighted by Gasteiger charge is -2.23. The Morgan fingerprint density at radius 2 is 1.65 bits per heavy atom. The molecule has 4 aromatic rings. The quantitative estimate of drug-likeness (QED) is 0.214. The molecule has 0 saturated carbocycles. The molecule has 1 heterocycles. The molecule has 0 saturated heterocycles. The number of para-hydroxylation sites is 1. The van der Waals surface area contributed by atoms with E-state index in [9.17, 15) is 13.2 Å². The molecule has 0 bridgehead atoms. The average Bonchev–Trinajstić information content (AvgIpc) is 3.38. The monoisotopic (exact) mass is 602 g/mol. The number of rotatable bonds is 11. The second-order valence-electron chi connectivity index (χ2n) is 9.40. The summed E-state index contributed by atoms with van der Waals surface area (Å²) in [6.45, 7) is 5.36. The topological polar surface area (TPSA) is 83.1 Å². The third-order valence-electron chi connectivity index (χ3n) is 6.40. The Bertz CT molecular complexity index is 1540. The number of fused-ring (bicyclic) bond motifs is 1. The molecule has 0 unspecified atom stereocenters. The van der Waals surface area contributed by atoms with Crippen molar-refractivity contribution in [2.24, 2.45) is 0 Å². The van der Waals surface area contributed by atoms with Crippen molar-refractivity contribution in [3.8, 4) is 5.75 Å². The normalized spacial score (nSPS) is 11.3. The number of carbonyl (C=O) groups excluding carboxylic acids is 1. The fourth-order valence-corrected chi connectivity index (χ4v) is 6.90. The minimum atomic E-state index is -3.79. The summed E-state index contributed by atoms with van der Waals surface area (Å²) in [5.41, 5.74) is 2.77. The maximum Gasteiger partial charge on any atom is 0.264 e. The predicted octanol–water partition coefficient (Wildman–Crippen LogP) is 5.85. The van der Waals surface area contributed by atoms with Crippen molar-refractivity contribution in [1.29, 1.82) is 0 Å². The van der Waals surface area contributed by atoms with Gasteiger partial charge in [0.2, 0.25) is 0 Å². The maximum atomic E-state index is 13.8. The van der Waals surface area contributed by atoms with Gasteiger partial charge in [-0.1, -0.05) is 35.6 Å². The molecular weight excluding hydrogens is 568 g/mol. The van der Waals surface area contributed by atoms with Gasteiger partial charge in [0.15, 0.2) is 5.13 Å². The van der Waals surface area contributed by atoms with E-state index in [-0.39, 0.29) is 29.8 Å². The van der Waals surface area contributed by atoms with E-state index >= 15 is 0 Å². The number of carbonyl (C=O) groups is 1. The Hall–Kier alpha value is -3.18. The summed E-state index contributed by atoms with van der Waals surface area (Å²) in [5, 5.41) is 0.583. The number of nitrogens with zero attached hydrogens (tertiary/aromatic N) is 4. The summed E-state index contributed by atoms with van der Waals surface area (Å²) >= 11 is 1.45. The van der Waals surface area contributed by atoms with E-state index in [0.717, 1.165) is 28.7 Å². The smallest absolute Gasteiger partial charge is 0.264 e. The largest absolute Gasteiger partial charge is 0.494 e. The van der Waals surface area contributed by atoms with Gasteiger partial charge in [0.25, 0.3) is 15.9 Å². The summed E-state index contributed by atoms with van der Waals surface area (Å²) in [7, 11) is 1.80. The number of sulfonamides is 1. The molecule has 1 amide bonds. The van der Waals surface area contributed by atoms with Crippen LogP contribution >= 0.6 is 23.7 Å². The molecule has 11 heteroatoms. The number of anilines is 2. The maximum absolute atomic E-state index is 13.8. The number of halogens is 1. The van der Waals surface area contributed by atoms with Crippen LogP contribution in [0.2, 0.25) is 0 Å². The molecule has 1 aromatic heterocycles. The minimum absolute atomic E-state index is 0. The van der Waals surface area contributed by atoms with Crippen molar-refractivity contribution in [2.45, 2.75) is 25.2 Å². The standard InChI is InChI=1S/C29H34N4O4S2.ClH/c1-6-33(23-11-8-7-9-12-23)39(35,36)24-16-14-22(15-17-24)28(34)32(20-10-19-31(3)4)29-30-26-25(37-5)18-13-21(2)27(26)38-29;/h7-9,11-18H,6,10,19-20H2,1-5H3;1H. The van der Waals surface area contributed by atoms with Gasteiger partial charge in [-0.05, 0) is 88.9 Å². The van der Waals surface area contributed by atoms with Gasteiger partial charge in [-0.15, -0.1) is 12.4 Å². The molecule has 0 fully saturated rings. The molecule has 0 aliphatic rings. The third-order valence-corrected chi connectivity index (χ3v) is 9.53. The highest BCUT2D eigenvalue weighted by atomic mass is 35.5. The fourth-order valence-electron chi connectivity index (χ4n) is 4.35. The van der Waals surface area contributed by atoms with Crippen LogP contribution in [0.15, 0.2) is 71.6 Å². The van der Waals surface area contributed by atoms with Crippen molar-refractivity contribution in [3.05, 3.63) is 77.9 Å².